The van der Waals surface area contributed by atoms with Crippen molar-refractivity contribution in [1.82, 2.24) is 0 Å². The van der Waals surface area contributed by atoms with Crippen molar-refractivity contribution in [2.75, 3.05) is 0 Å². The number of ketones is 2. The molecule has 1 heterocycles. The van der Waals surface area contributed by atoms with E-state index in [0.717, 1.165) is 0 Å². The monoisotopic (exact) mass is 408 g/mol. The lowest BCUT2D eigenvalue weighted by atomic mass is 9.85. The van der Waals surface area contributed by atoms with E-state index in [2.05, 4.69) is 0 Å². The third kappa shape index (κ3) is 2.95. The second kappa shape index (κ2) is 7.15. The Labute approximate surface area is 176 Å². The van der Waals surface area contributed by atoms with E-state index in [-0.39, 0.29) is 22.3 Å². The number of rotatable bonds is 3. The summed E-state index contributed by atoms with van der Waals surface area (Å²) in [5.41, 5.74) is 2.35. The average molecular weight is 408 g/mol. The lowest BCUT2D eigenvalue weighted by Crippen LogP contribution is -2.40. The van der Waals surface area contributed by atoms with Crippen molar-refractivity contribution in [2.24, 2.45) is 0 Å². The molecule has 0 saturated heterocycles. The molecule has 150 valence electrons. The molecule has 0 bridgehead atoms. The fourth-order valence-corrected chi connectivity index (χ4v) is 3.92. The minimum absolute atomic E-state index is 0.0654. The lowest BCUT2D eigenvalue weighted by Gasteiger charge is -2.13. The first-order valence-electron chi connectivity index (χ1n) is 9.66. The summed E-state index contributed by atoms with van der Waals surface area (Å²) in [7, 11) is 0. The molecule has 0 radical (unpaired) electrons. The minimum Gasteiger partial charge on any atom is -0.508 e. The number of hydrogen-bond donors (Lipinski definition) is 2. The molecular formula is C26H16O5. The van der Waals surface area contributed by atoms with Gasteiger partial charge >= 0.3 is 0 Å². The fourth-order valence-electron chi connectivity index (χ4n) is 3.92. The van der Waals surface area contributed by atoms with Crippen molar-refractivity contribution in [3.63, 3.8) is 0 Å². The summed E-state index contributed by atoms with van der Waals surface area (Å²) < 4.78 is 5.72. The zero-order chi connectivity index (χ0) is 21.5. The van der Waals surface area contributed by atoms with Crippen LogP contribution in [0.2, 0.25) is 0 Å². The Kier molecular flexibility index (Phi) is 4.30. The Bertz CT molecular complexity index is 1440. The quantitative estimate of drug-likeness (QED) is 0.509. The number of fused-ring (bicyclic) bond motifs is 1. The molecule has 0 atom stereocenters. The summed E-state index contributed by atoms with van der Waals surface area (Å²) in [5.74, 6) is -1.70. The highest BCUT2D eigenvalue weighted by Crippen LogP contribution is 2.30. The molecule has 5 nitrogen and oxygen atoms in total. The molecule has 1 aliphatic rings. The molecule has 2 N–H and O–H groups in total. The summed E-state index contributed by atoms with van der Waals surface area (Å²) in [4.78, 5) is 26.5. The van der Waals surface area contributed by atoms with E-state index < -0.39 is 17.5 Å². The molecule has 31 heavy (non-hydrogen) atoms. The van der Waals surface area contributed by atoms with Gasteiger partial charge < -0.3 is 14.6 Å². The van der Waals surface area contributed by atoms with Crippen molar-refractivity contribution in [3.8, 4) is 22.8 Å². The molecule has 4 aromatic rings. The lowest BCUT2D eigenvalue weighted by molar-refractivity contribution is -0.130. The zero-order valence-corrected chi connectivity index (χ0v) is 16.2. The van der Waals surface area contributed by atoms with E-state index in [0.29, 0.717) is 27.5 Å². The molecule has 5 heteroatoms. The average Bonchev–Trinajstić information content (AvgIpc) is 3.12. The summed E-state index contributed by atoms with van der Waals surface area (Å²) in [6, 6.07) is 23.8. The maximum absolute atomic E-state index is 13.3. The van der Waals surface area contributed by atoms with Crippen LogP contribution in [0.5, 0.6) is 11.7 Å². The molecule has 5 rings (SSSR count). The molecule has 0 fully saturated rings. The highest BCUT2D eigenvalue weighted by Gasteiger charge is 2.34. The normalized spacial score (nSPS) is 13.4. The van der Waals surface area contributed by atoms with Crippen molar-refractivity contribution in [3.05, 3.63) is 107 Å². The van der Waals surface area contributed by atoms with Crippen molar-refractivity contribution in [1.29, 1.82) is 0 Å². The number of carbonyl (C=O) groups excluding carboxylic acids is 2. The first-order chi connectivity index (χ1) is 15.1. The topological polar surface area (TPSA) is 87.7 Å². The number of aromatic hydroxyl groups is 2. The maximum atomic E-state index is 13.3. The largest absolute Gasteiger partial charge is 0.508 e. The van der Waals surface area contributed by atoms with Crippen molar-refractivity contribution < 1.29 is 24.2 Å². The third-order valence-corrected chi connectivity index (χ3v) is 5.31. The predicted molar refractivity (Wildman–Crippen MR) is 115 cm³/mol. The van der Waals surface area contributed by atoms with E-state index >= 15 is 0 Å². The van der Waals surface area contributed by atoms with E-state index in [1.807, 2.05) is 12.1 Å². The maximum Gasteiger partial charge on any atom is 0.291 e. The van der Waals surface area contributed by atoms with Crippen LogP contribution < -0.4 is 10.6 Å². The van der Waals surface area contributed by atoms with Crippen LogP contribution in [0.25, 0.3) is 22.3 Å². The van der Waals surface area contributed by atoms with Gasteiger partial charge in [0.05, 0.1) is 11.1 Å². The molecule has 1 aromatic heterocycles. The molecule has 0 saturated carbocycles. The Hall–Kier alpha value is -4.38. The summed E-state index contributed by atoms with van der Waals surface area (Å²) in [5, 5.41) is 20.8. The number of phenols is 1. The van der Waals surface area contributed by atoms with E-state index in [4.69, 9.17) is 4.42 Å². The van der Waals surface area contributed by atoms with Gasteiger partial charge in [0.25, 0.3) is 5.95 Å². The summed E-state index contributed by atoms with van der Waals surface area (Å²) in [6.45, 7) is 0. The fraction of sp³-hybridized carbons (Fsp3) is 0. The second-order valence-electron chi connectivity index (χ2n) is 7.17. The first-order valence-corrected chi connectivity index (χ1v) is 9.66. The number of Topliss-reactive ketones (excluding diaryl/α,β-unsaturated/α-hetero) is 2. The molecule has 0 aliphatic heterocycles. The zero-order valence-electron chi connectivity index (χ0n) is 16.2. The highest BCUT2D eigenvalue weighted by atomic mass is 16.5. The highest BCUT2D eigenvalue weighted by molar-refractivity contribution is 6.65. The predicted octanol–water partition coefficient (Wildman–Crippen LogP) is 2.91. The molecule has 1 aliphatic carbocycles. The number of carbonyl (C=O) groups is 2. The van der Waals surface area contributed by atoms with Crippen LogP contribution in [-0.2, 0) is 9.59 Å². The third-order valence-electron chi connectivity index (χ3n) is 5.31. The van der Waals surface area contributed by atoms with Gasteiger partial charge in [0.2, 0.25) is 11.6 Å². The standard InChI is InChI=1S/C26H16O5/c27-18-13-11-17(12-14-18)20-22-19(15-7-3-1-4-8-15)23(28)24(29)21(25(22)31-26(20)30)16-9-5-2-6-10-16/h1-14,27,30H. The van der Waals surface area contributed by atoms with E-state index in [1.54, 1.807) is 60.7 Å². The Morgan fingerprint density at radius 2 is 1.10 bits per heavy atom. The van der Waals surface area contributed by atoms with Crippen LogP contribution in [0, 0.1) is 0 Å². The summed E-state index contributed by atoms with van der Waals surface area (Å²) in [6.07, 6.45) is 0. The molecular weight excluding hydrogens is 392 g/mol. The van der Waals surface area contributed by atoms with Gasteiger partial charge in [0.15, 0.2) is 5.42 Å². The second-order valence-corrected chi connectivity index (χ2v) is 7.17. The molecule has 3 aromatic carbocycles. The van der Waals surface area contributed by atoms with Gasteiger partial charge in [0, 0.05) is 10.8 Å². The van der Waals surface area contributed by atoms with Crippen molar-refractivity contribution in [2.45, 2.75) is 0 Å². The van der Waals surface area contributed by atoms with Gasteiger partial charge in [-0.15, -0.1) is 0 Å². The smallest absolute Gasteiger partial charge is 0.291 e. The minimum atomic E-state index is -0.691. The molecule has 0 unspecified atom stereocenters. The van der Waals surface area contributed by atoms with E-state index in [9.17, 15) is 19.8 Å². The van der Waals surface area contributed by atoms with Crippen LogP contribution in [-0.4, -0.2) is 21.8 Å². The van der Waals surface area contributed by atoms with Crippen molar-refractivity contribution >= 4 is 22.7 Å². The van der Waals surface area contributed by atoms with Gasteiger partial charge in [-0.25, -0.2) is 0 Å². The van der Waals surface area contributed by atoms with Crippen LogP contribution in [0.3, 0.4) is 0 Å². The summed E-state index contributed by atoms with van der Waals surface area (Å²) >= 11 is 0. The van der Waals surface area contributed by atoms with Gasteiger partial charge in [0.1, 0.15) is 5.75 Å². The van der Waals surface area contributed by atoms with Gasteiger partial charge in [-0.2, -0.15) is 0 Å². The van der Waals surface area contributed by atoms with E-state index in [1.165, 1.54) is 12.1 Å². The van der Waals surface area contributed by atoms with Crippen LogP contribution in [0.1, 0.15) is 11.1 Å². The van der Waals surface area contributed by atoms with Gasteiger partial charge in [-0.3, -0.25) is 9.59 Å². The van der Waals surface area contributed by atoms with Crippen LogP contribution in [0.15, 0.2) is 89.3 Å². The van der Waals surface area contributed by atoms with Gasteiger partial charge in [-0.05, 0) is 28.8 Å². The Morgan fingerprint density at radius 3 is 1.68 bits per heavy atom. The first kappa shape index (κ1) is 18.6. The number of benzene rings is 3. The van der Waals surface area contributed by atoms with Crippen LogP contribution in [0.4, 0.5) is 0 Å². The number of hydrogen-bond acceptors (Lipinski definition) is 5. The van der Waals surface area contributed by atoms with Crippen LogP contribution >= 0.6 is 0 Å². The SMILES string of the molecule is O=C1C(=O)C(c2ccccc2)=c2c(-c3ccc(O)cc3)c(O)oc2=C1c1ccccc1. The number of furan rings is 1. The molecule has 0 spiro atoms. The Balaban J connectivity index is 2.01. The molecule has 0 amide bonds. The Morgan fingerprint density at radius 1 is 0.581 bits per heavy atom. The number of phenolic OH excluding ortho intramolecular Hbond substituents is 1. The van der Waals surface area contributed by atoms with Gasteiger partial charge in [-0.1, -0.05) is 72.8 Å².